The number of carbonyl (C=O) groups is 2. The fourth-order valence-electron chi connectivity index (χ4n) is 2.85. The Labute approximate surface area is 169 Å². The highest BCUT2D eigenvalue weighted by Gasteiger charge is 2.16. The zero-order chi connectivity index (χ0) is 20.8. The third-order valence-corrected chi connectivity index (χ3v) is 4.30. The number of hydrogen-bond acceptors (Lipinski definition) is 6. The summed E-state index contributed by atoms with van der Waals surface area (Å²) in [6.45, 7) is 4.20. The summed E-state index contributed by atoms with van der Waals surface area (Å²) < 4.78 is 4.75. The van der Waals surface area contributed by atoms with Gasteiger partial charge in [-0.15, -0.1) is 0 Å². The van der Waals surface area contributed by atoms with Gasteiger partial charge in [-0.25, -0.2) is 14.8 Å². The molecule has 2 aromatic carbocycles. The van der Waals surface area contributed by atoms with Crippen molar-refractivity contribution in [3.8, 4) is 0 Å². The number of benzene rings is 2. The van der Waals surface area contributed by atoms with E-state index in [2.05, 4.69) is 34.4 Å². The van der Waals surface area contributed by atoms with Crippen molar-refractivity contribution in [2.24, 2.45) is 0 Å². The molecule has 0 aliphatic carbocycles. The van der Waals surface area contributed by atoms with Crippen molar-refractivity contribution in [3.63, 3.8) is 0 Å². The van der Waals surface area contributed by atoms with Crippen molar-refractivity contribution < 1.29 is 14.3 Å². The minimum atomic E-state index is -0.531. The van der Waals surface area contributed by atoms with Crippen LogP contribution in [0.1, 0.15) is 46.2 Å². The lowest BCUT2D eigenvalue weighted by Crippen LogP contribution is -2.17. The number of nitrogens with one attached hydrogen (secondary N) is 2. The fraction of sp³-hybridized carbons (Fsp3) is 0.182. The van der Waals surface area contributed by atoms with E-state index >= 15 is 0 Å². The Morgan fingerprint density at radius 2 is 1.66 bits per heavy atom. The predicted molar refractivity (Wildman–Crippen MR) is 112 cm³/mol. The van der Waals surface area contributed by atoms with E-state index in [1.54, 1.807) is 24.3 Å². The molecule has 3 aromatic rings. The SMILES string of the molecule is COC(=O)c1ccccc1NC(=O)c1ccnc(Nc2ccccc2C(C)C)n1. The molecule has 148 valence electrons. The van der Waals surface area contributed by atoms with Crippen molar-refractivity contribution in [3.05, 3.63) is 77.6 Å². The van der Waals surface area contributed by atoms with Gasteiger partial charge in [-0.3, -0.25) is 4.79 Å². The number of carbonyl (C=O) groups excluding carboxylic acids is 2. The number of methoxy groups -OCH3 is 1. The van der Waals surface area contributed by atoms with E-state index < -0.39 is 11.9 Å². The average molecular weight is 390 g/mol. The van der Waals surface area contributed by atoms with Crippen LogP contribution in [0.5, 0.6) is 0 Å². The lowest BCUT2D eigenvalue weighted by atomic mass is 10.0. The molecule has 2 N–H and O–H groups in total. The number of hydrogen-bond donors (Lipinski definition) is 2. The van der Waals surface area contributed by atoms with Crippen molar-refractivity contribution >= 4 is 29.2 Å². The Hall–Kier alpha value is -3.74. The summed E-state index contributed by atoms with van der Waals surface area (Å²) in [6.07, 6.45) is 1.51. The maximum atomic E-state index is 12.7. The van der Waals surface area contributed by atoms with Crippen molar-refractivity contribution in [1.29, 1.82) is 0 Å². The number of nitrogens with zero attached hydrogens (tertiary/aromatic N) is 2. The summed E-state index contributed by atoms with van der Waals surface area (Å²) in [5.74, 6) is -0.354. The van der Waals surface area contributed by atoms with Gasteiger partial charge in [0.15, 0.2) is 0 Å². The van der Waals surface area contributed by atoms with Crippen LogP contribution >= 0.6 is 0 Å². The minimum absolute atomic E-state index is 0.171. The molecule has 0 aliphatic heterocycles. The maximum Gasteiger partial charge on any atom is 0.339 e. The Kier molecular flexibility index (Phi) is 6.19. The number of anilines is 3. The third kappa shape index (κ3) is 4.76. The molecule has 3 rings (SSSR count). The van der Waals surface area contributed by atoms with Gasteiger partial charge in [0, 0.05) is 11.9 Å². The van der Waals surface area contributed by atoms with Gasteiger partial charge in [-0.05, 0) is 35.7 Å². The van der Waals surface area contributed by atoms with Gasteiger partial charge in [0.25, 0.3) is 5.91 Å². The second kappa shape index (κ2) is 8.97. The van der Waals surface area contributed by atoms with E-state index in [1.807, 2.05) is 24.3 Å². The molecule has 0 unspecified atom stereocenters. The third-order valence-electron chi connectivity index (χ3n) is 4.30. The van der Waals surface area contributed by atoms with Gasteiger partial charge in [-0.2, -0.15) is 0 Å². The molecule has 0 bridgehead atoms. The molecular formula is C22H22N4O3. The van der Waals surface area contributed by atoms with E-state index in [1.165, 1.54) is 19.4 Å². The highest BCUT2D eigenvalue weighted by Crippen LogP contribution is 2.25. The van der Waals surface area contributed by atoms with Crippen molar-refractivity contribution in [2.45, 2.75) is 19.8 Å². The summed E-state index contributed by atoms with van der Waals surface area (Å²) >= 11 is 0. The number of aromatic nitrogens is 2. The van der Waals surface area contributed by atoms with Gasteiger partial charge in [0.05, 0.1) is 18.4 Å². The second-order valence-corrected chi connectivity index (χ2v) is 6.62. The largest absolute Gasteiger partial charge is 0.465 e. The summed E-state index contributed by atoms with van der Waals surface area (Å²) in [5, 5.41) is 5.88. The van der Waals surface area contributed by atoms with Crippen LogP contribution < -0.4 is 10.6 Å². The quantitative estimate of drug-likeness (QED) is 0.607. The Balaban J connectivity index is 1.82. The first-order valence-corrected chi connectivity index (χ1v) is 9.17. The summed E-state index contributed by atoms with van der Waals surface area (Å²) in [7, 11) is 1.29. The Bertz CT molecular complexity index is 1030. The Morgan fingerprint density at radius 3 is 2.38 bits per heavy atom. The number of esters is 1. The molecule has 0 aliphatic rings. The zero-order valence-corrected chi connectivity index (χ0v) is 16.5. The zero-order valence-electron chi connectivity index (χ0n) is 16.5. The first-order chi connectivity index (χ1) is 14.0. The Morgan fingerprint density at radius 1 is 0.966 bits per heavy atom. The number of amides is 1. The molecule has 0 fully saturated rings. The second-order valence-electron chi connectivity index (χ2n) is 6.62. The van der Waals surface area contributed by atoms with Crippen LogP contribution in [-0.2, 0) is 4.74 Å². The smallest absolute Gasteiger partial charge is 0.339 e. The molecule has 1 aromatic heterocycles. The van der Waals surface area contributed by atoms with E-state index in [0.29, 0.717) is 17.6 Å². The normalized spacial score (nSPS) is 10.5. The number of rotatable bonds is 6. The molecule has 0 spiro atoms. The average Bonchev–Trinajstić information content (AvgIpc) is 2.74. The molecular weight excluding hydrogens is 368 g/mol. The van der Waals surface area contributed by atoms with Crippen LogP contribution in [-0.4, -0.2) is 29.0 Å². The summed E-state index contributed by atoms with van der Waals surface area (Å²) in [6, 6.07) is 16.0. The van der Waals surface area contributed by atoms with Crippen LogP contribution in [0.4, 0.5) is 17.3 Å². The van der Waals surface area contributed by atoms with Crippen LogP contribution in [0.3, 0.4) is 0 Å². The molecule has 7 nitrogen and oxygen atoms in total. The van der Waals surface area contributed by atoms with Crippen LogP contribution in [0.15, 0.2) is 60.8 Å². The van der Waals surface area contributed by atoms with Gasteiger partial charge < -0.3 is 15.4 Å². The van der Waals surface area contributed by atoms with E-state index in [-0.39, 0.29) is 11.3 Å². The van der Waals surface area contributed by atoms with Gasteiger partial charge in [0.2, 0.25) is 5.95 Å². The molecule has 29 heavy (non-hydrogen) atoms. The number of ether oxygens (including phenoxy) is 1. The van der Waals surface area contributed by atoms with Crippen molar-refractivity contribution in [2.75, 3.05) is 17.7 Å². The predicted octanol–water partition coefficient (Wildman–Crippen LogP) is 4.38. The molecule has 7 heteroatoms. The molecule has 0 atom stereocenters. The molecule has 0 saturated heterocycles. The van der Waals surface area contributed by atoms with Gasteiger partial charge in [0.1, 0.15) is 5.69 Å². The first-order valence-electron chi connectivity index (χ1n) is 9.17. The molecule has 1 amide bonds. The highest BCUT2D eigenvalue weighted by atomic mass is 16.5. The fourth-order valence-corrected chi connectivity index (χ4v) is 2.85. The molecule has 1 heterocycles. The lowest BCUT2D eigenvalue weighted by Gasteiger charge is -2.14. The minimum Gasteiger partial charge on any atom is -0.465 e. The van der Waals surface area contributed by atoms with Crippen LogP contribution in [0.2, 0.25) is 0 Å². The van der Waals surface area contributed by atoms with Crippen LogP contribution in [0.25, 0.3) is 0 Å². The maximum absolute atomic E-state index is 12.7. The number of para-hydroxylation sites is 2. The topological polar surface area (TPSA) is 93.2 Å². The summed E-state index contributed by atoms with van der Waals surface area (Å²) in [5.41, 5.74) is 2.79. The monoisotopic (exact) mass is 390 g/mol. The lowest BCUT2D eigenvalue weighted by molar-refractivity contribution is 0.0602. The molecule has 0 saturated carbocycles. The standard InChI is InChI=1S/C22H22N4O3/c1-14(2)15-8-4-6-10-17(15)25-22-23-13-12-19(26-22)20(27)24-18-11-7-5-9-16(18)21(28)29-3/h4-14H,1-3H3,(H,24,27)(H,23,25,26). The van der Waals surface area contributed by atoms with Gasteiger partial charge in [-0.1, -0.05) is 44.2 Å². The summed E-state index contributed by atoms with van der Waals surface area (Å²) in [4.78, 5) is 33.1. The van der Waals surface area contributed by atoms with E-state index in [4.69, 9.17) is 4.74 Å². The van der Waals surface area contributed by atoms with Crippen LogP contribution in [0, 0.1) is 0 Å². The first kappa shape index (κ1) is 20.0. The van der Waals surface area contributed by atoms with Crippen molar-refractivity contribution in [1.82, 2.24) is 9.97 Å². The highest BCUT2D eigenvalue weighted by molar-refractivity contribution is 6.07. The molecule has 0 radical (unpaired) electrons. The van der Waals surface area contributed by atoms with Gasteiger partial charge >= 0.3 is 5.97 Å². The van der Waals surface area contributed by atoms with E-state index in [0.717, 1.165) is 11.3 Å². The van der Waals surface area contributed by atoms with E-state index in [9.17, 15) is 9.59 Å².